The van der Waals surface area contributed by atoms with Crippen LogP contribution in [-0.2, 0) is 4.79 Å². The second-order valence-electron chi connectivity index (χ2n) is 6.20. The van der Waals surface area contributed by atoms with Gasteiger partial charge in [0, 0.05) is 24.5 Å². The lowest BCUT2D eigenvalue weighted by Crippen LogP contribution is -2.06. The molecular weight excluding hydrogens is 326 g/mol. The molecule has 1 heterocycles. The van der Waals surface area contributed by atoms with Crippen molar-refractivity contribution < 1.29 is 4.79 Å². The Kier molecular flexibility index (Phi) is 5.31. The largest absolute Gasteiger partial charge is 0.369 e. The van der Waals surface area contributed by atoms with Crippen molar-refractivity contribution in [1.29, 1.82) is 0 Å². The number of unbranched alkanes of at least 4 members (excludes halogenated alkanes) is 1. The highest BCUT2D eigenvalue weighted by molar-refractivity contribution is 5.94. The number of amides is 1. The summed E-state index contributed by atoms with van der Waals surface area (Å²) in [6.07, 6.45) is 2.17. The van der Waals surface area contributed by atoms with Crippen molar-refractivity contribution in [2.24, 2.45) is 0 Å². The van der Waals surface area contributed by atoms with Crippen molar-refractivity contribution in [3.8, 4) is 11.1 Å². The summed E-state index contributed by atoms with van der Waals surface area (Å²) < 4.78 is 0. The average molecular weight is 349 g/mol. The number of nitrogens with zero attached hydrogens (tertiary/aromatic N) is 2. The fourth-order valence-electron chi connectivity index (χ4n) is 2.79. The molecule has 134 valence electrons. The van der Waals surface area contributed by atoms with Gasteiger partial charge in [-0.15, -0.1) is 0 Å². The van der Waals surface area contributed by atoms with E-state index in [4.69, 9.17) is 5.73 Å². The van der Waals surface area contributed by atoms with Gasteiger partial charge in [0.2, 0.25) is 11.9 Å². The van der Waals surface area contributed by atoms with E-state index in [-0.39, 0.29) is 11.9 Å². The second-order valence-corrected chi connectivity index (χ2v) is 6.20. The maximum atomic E-state index is 11.1. The van der Waals surface area contributed by atoms with E-state index >= 15 is 0 Å². The number of rotatable bonds is 6. The first-order valence-electron chi connectivity index (χ1n) is 8.76. The Hall–Kier alpha value is -3.15. The first kappa shape index (κ1) is 17.7. The molecule has 0 radical (unpaired) electrons. The van der Waals surface area contributed by atoms with Gasteiger partial charge in [-0.25, -0.2) is 4.98 Å². The highest BCUT2D eigenvalue weighted by Crippen LogP contribution is 2.28. The van der Waals surface area contributed by atoms with E-state index in [0.717, 1.165) is 52.9 Å². The van der Waals surface area contributed by atoms with E-state index in [2.05, 4.69) is 33.6 Å². The number of fused-ring (bicyclic) bond motifs is 1. The molecule has 26 heavy (non-hydrogen) atoms. The quantitative estimate of drug-likeness (QED) is 0.584. The number of nitrogens with two attached hydrogens (primary N) is 1. The maximum absolute atomic E-state index is 11.1. The Balaban J connectivity index is 1.95. The first-order chi connectivity index (χ1) is 12.6. The van der Waals surface area contributed by atoms with Gasteiger partial charge in [-0.2, -0.15) is 4.98 Å². The van der Waals surface area contributed by atoms with Crippen molar-refractivity contribution in [2.45, 2.75) is 26.7 Å². The zero-order valence-electron chi connectivity index (χ0n) is 15.0. The topological polar surface area (TPSA) is 92.9 Å². The minimum atomic E-state index is -0.0824. The van der Waals surface area contributed by atoms with Crippen molar-refractivity contribution >= 4 is 34.3 Å². The molecule has 3 aromatic rings. The van der Waals surface area contributed by atoms with Crippen LogP contribution in [-0.4, -0.2) is 22.4 Å². The van der Waals surface area contributed by atoms with Crippen LogP contribution in [0.15, 0.2) is 42.5 Å². The lowest BCUT2D eigenvalue weighted by atomic mass is 10.0. The number of benzene rings is 2. The average Bonchev–Trinajstić information content (AvgIpc) is 2.61. The van der Waals surface area contributed by atoms with Crippen molar-refractivity contribution in [2.75, 3.05) is 22.9 Å². The molecule has 0 unspecified atom stereocenters. The fraction of sp³-hybridized carbons (Fsp3) is 0.250. The highest BCUT2D eigenvalue weighted by Gasteiger charge is 2.08. The number of anilines is 3. The third kappa shape index (κ3) is 4.08. The van der Waals surface area contributed by atoms with Gasteiger partial charge < -0.3 is 16.4 Å². The zero-order valence-corrected chi connectivity index (χ0v) is 15.0. The van der Waals surface area contributed by atoms with Crippen LogP contribution < -0.4 is 16.4 Å². The monoisotopic (exact) mass is 349 g/mol. The molecule has 1 aromatic heterocycles. The summed E-state index contributed by atoms with van der Waals surface area (Å²) in [5.41, 5.74) is 9.54. The van der Waals surface area contributed by atoms with Crippen LogP contribution in [0.3, 0.4) is 0 Å². The molecule has 0 aliphatic carbocycles. The lowest BCUT2D eigenvalue weighted by Gasteiger charge is -2.11. The minimum Gasteiger partial charge on any atom is -0.369 e. The lowest BCUT2D eigenvalue weighted by molar-refractivity contribution is -0.114. The minimum absolute atomic E-state index is 0.0824. The summed E-state index contributed by atoms with van der Waals surface area (Å²) in [6.45, 7) is 4.49. The highest BCUT2D eigenvalue weighted by atomic mass is 16.1. The Labute approximate surface area is 152 Å². The standard InChI is InChI=1S/C20H23N5O/c1-3-4-11-22-19-17-12-15(7-10-18(17)24-20(21)25-19)14-5-8-16(9-6-14)23-13(2)26/h5-10,12H,3-4,11H2,1-2H3,(H,23,26)(H3,21,22,24,25). The second kappa shape index (κ2) is 7.82. The van der Waals surface area contributed by atoms with Gasteiger partial charge in [-0.05, 0) is 41.8 Å². The number of nitrogens with one attached hydrogen (secondary N) is 2. The van der Waals surface area contributed by atoms with Crippen LogP contribution >= 0.6 is 0 Å². The Morgan fingerprint density at radius 1 is 1.08 bits per heavy atom. The van der Waals surface area contributed by atoms with Gasteiger partial charge in [-0.1, -0.05) is 31.5 Å². The number of hydrogen-bond acceptors (Lipinski definition) is 5. The van der Waals surface area contributed by atoms with Crippen LogP contribution in [0.1, 0.15) is 26.7 Å². The van der Waals surface area contributed by atoms with Gasteiger partial charge in [-0.3, -0.25) is 4.79 Å². The Morgan fingerprint density at radius 2 is 1.81 bits per heavy atom. The van der Waals surface area contributed by atoms with Crippen molar-refractivity contribution in [1.82, 2.24) is 9.97 Å². The molecular formula is C20H23N5O. The van der Waals surface area contributed by atoms with E-state index < -0.39 is 0 Å². The van der Waals surface area contributed by atoms with Gasteiger partial charge in [0.05, 0.1) is 5.52 Å². The molecule has 4 N–H and O–H groups in total. The van der Waals surface area contributed by atoms with E-state index in [0.29, 0.717) is 0 Å². The molecule has 2 aromatic carbocycles. The van der Waals surface area contributed by atoms with Gasteiger partial charge in [0.25, 0.3) is 0 Å². The molecule has 0 fully saturated rings. The maximum Gasteiger partial charge on any atom is 0.222 e. The van der Waals surface area contributed by atoms with Crippen LogP contribution in [0.2, 0.25) is 0 Å². The van der Waals surface area contributed by atoms with Crippen molar-refractivity contribution in [3.63, 3.8) is 0 Å². The summed E-state index contributed by atoms with van der Waals surface area (Å²) >= 11 is 0. The predicted molar refractivity (Wildman–Crippen MR) is 107 cm³/mol. The summed E-state index contributed by atoms with van der Waals surface area (Å²) in [5.74, 6) is 0.947. The Bertz CT molecular complexity index is 921. The molecule has 6 heteroatoms. The van der Waals surface area contributed by atoms with E-state index in [9.17, 15) is 4.79 Å². The molecule has 0 saturated carbocycles. The van der Waals surface area contributed by atoms with Crippen LogP contribution in [0.4, 0.5) is 17.5 Å². The third-order valence-corrected chi connectivity index (χ3v) is 4.07. The third-order valence-electron chi connectivity index (χ3n) is 4.07. The normalized spacial score (nSPS) is 10.7. The summed E-state index contributed by atoms with van der Waals surface area (Å²) in [6, 6.07) is 13.8. The van der Waals surface area contributed by atoms with Crippen LogP contribution in [0.25, 0.3) is 22.0 Å². The molecule has 0 saturated heterocycles. The van der Waals surface area contributed by atoms with E-state index in [1.807, 2.05) is 36.4 Å². The summed E-state index contributed by atoms with van der Waals surface area (Å²) in [4.78, 5) is 19.8. The van der Waals surface area contributed by atoms with E-state index in [1.165, 1.54) is 6.92 Å². The summed E-state index contributed by atoms with van der Waals surface area (Å²) in [7, 11) is 0. The molecule has 0 aliphatic heterocycles. The zero-order chi connectivity index (χ0) is 18.5. The number of aromatic nitrogens is 2. The van der Waals surface area contributed by atoms with Crippen LogP contribution in [0, 0.1) is 0 Å². The number of hydrogen-bond donors (Lipinski definition) is 3. The molecule has 0 spiro atoms. The van der Waals surface area contributed by atoms with Gasteiger partial charge >= 0.3 is 0 Å². The number of carbonyl (C=O) groups is 1. The molecule has 0 bridgehead atoms. The van der Waals surface area contributed by atoms with Gasteiger partial charge in [0.1, 0.15) is 5.82 Å². The predicted octanol–water partition coefficient (Wildman–Crippen LogP) is 4.05. The summed E-state index contributed by atoms with van der Waals surface area (Å²) in [5, 5.41) is 7.08. The molecule has 0 atom stereocenters. The van der Waals surface area contributed by atoms with E-state index in [1.54, 1.807) is 0 Å². The molecule has 6 nitrogen and oxygen atoms in total. The van der Waals surface area contributed by atoms with Crippen LogP contribution in [0.5, 0.6) is 0 Å². The first-order valence-corrected chi connectivity index (χ1v) is 8.76. The smallest absolute Gasteiger partial charge is 0.222 e. The fourth-order valence-corrected chi connectivity index (χ4v) is 2.79. The number of carbonyl (C=O) groups excluding carboxylic acids is 1. The number of nitrogen functional groups attached to an aromatic ring is 1. The molecule has 3 rings (SSSR count). The van der Waals surface area contributed by atoms with Crippen molar-refractivity contribution in [3.05, 3.63) is 42.5 Å². The Morgan fingerprint density at radius 3 is 2.50 bits per heavy atom. The SMILES string of the molecule is CCCCNc1nc(N)nc2ccc(-c3ccc(NC(C)=O)cc3)cc12. The van der Waals surface area contributed by atoms with Gasteiger partial charge in [0.15, 0.2) is 0 Å². The molecule has 0 aliphatic rings. The molecule has 1 amide bonds.